The summed E-state index contributed by atoms with van der Waals surface area (Å²) in [7, 11) is 0. The summed E-state index contributed by atoms with van der Waals surface area (Å²) < 4.78 is 0. The highest BCUT2D eigenvalue weighted by Crippen LogP contribution is 2.10. The standard InChI is InChI=1S/C13H26N2O2/c1-4-5-6-12(16)15-9-7-14(8-10-15)11-13(2,3)17/h17H,4-11H2,1-3H3. The first kappa shape index (κ1) is 14.5. The number of rotatable bonds is 5. The molecule has 0 saturated carbocycles. The van der Waals surface area contributed by atoms with Crippen LogP contribution < -0.4 is 0 Å². The van der Waals surface area contributed by atoms with E-state index in [1.54, 1.807) is 0 Å². The Morgan fingerprint density at radius 1 is 1.24 bits per heavy atom. The maximum atomic E-state index is 11.8. The monoisotopic (exact) mass is 242 g/mol. The van der Waals surface area contributed by atoms with Crippen molar-refractivity contribution in [1.82, 2.24) is 9.80 Å². The van der Waals surface area contributed by atoms with Crippen molar-refractivity contribution in [3.63, 3.8) is 0 Å². The predicted octanol–water partition coefficient (Wildman–Crippen LogP) is 1.09. The van der Waals surface area contributed by atoms with Crippen LogP contribution in [0.1, 0.15) is 40.0 Å². The van der Waals surface area contributed by atoms with Gasteiger partial charge in [0.2, 0.25) is 5.91 Å². The number of hydrogen-bond donors (Lipinski definition) is 1. The Bertz CT molecular complexity index is 240. The molecule has 0 atom stereocenters. The Balaban J connectivity index is 2.28. The molecule has 4 heteroatoms. The minimum atomic E-state index is -0.644. The predicted molar refractivity (Wildman–Crippen MR) is 68.8 cm³/mol. The summed E-state index contributed by atoms with van der Waals surface area (Å²) in [6, 6.07) is 0. The summed E-state index contributed by atoms with van der Waals surface area (Å²) in [6.07, 6.45) is 2.75. The summed E-state index contributed by atoms with van der Waals surface area (Å²) in [5.41, 5.74) is -0.644. The Labute approximate surface area is 105 Å². The Morgan fingerprint density at radius 3 is 2.29 bits per heavy atom. The Kier molecular flexibility index (Phi) is 5.40. The summed E-state index contributed by atoms with van der Waals surface area (Å²) in [5.74, 6) is 0.287. The molecule has 1 heterocycles. The molecule has 1 saturated heterocycles. The molecular formula is C13H26N2O2. The van der Waals surface area contributed by atoms with Crippen LogP contribution in [0.15, 0.2) is 0 Å². The van der Waals surface area contributed by atoms with Gasteiger partial charge in [-0.1, -0.05) is 13.3 Å². The van der Waals surface area contributed by atoms with Gasteiger partial charge in [0.05, 0.1) is 5.60 Å². The van der Waals surface area contributed by atoms with Crippen molar-refractivity contribution >= 4 is 5.91 Å². The van der Waals surface area contributed by atoms with Crippen LogP contribution >= 0.6 is 0 Å². The number of piperazine rings is 1. The second-order valence-electron chi connectivity index (χ2n) is 5.57. The molecule has 1 fully saturated rings. The topological polar surface area (TPSA) is 43.8 Å². The molecule has 0 aromatic rings. The van der Waals surface area contributed by atoms with Crippen molar-refractivity contribution in [3.05, 3.63) is 0 Å². The van der Waals surface area contributed by atoms with Gasteiger partial charge in [-0.3, -0.25) is 9.69 Å². The number of carbonyl (C=O) groups is 1. The van der Waals surface area contributed by atoms with Gasteiger partial charge in [-0.15, -0.1) is 0 Å². The zero-order valence-electron chi connectivity index (χ0n) is 11.4. The molecule has 1 amide bonds. The highest BCUT2D eigenvalue weighted by Gasteiger charge is 2.24. The van der Waals surface area contributed by atoms with Crippen LogP contribution in [-0.2, 0) is 4.79 Å². The summed E-state index contributed by atoms with van der Waals surface area (Å²) in [6.45, 7) is 9.80. The molecule has 0 aromatic heterocycles. The molecule has 4 nitrogen and oxygen atoms in total. The fourth-order valence-electron chi connectivity index (χ4n) is 2.19. The lowest BCUT2D eigenvalue weighted by Crippen LogP contribution is -2.51. The molecule has 100 valence electrons. The molecular weight excluding hydrogens is 216 g/mol. The minimum Gasteiger partial charge on any atom is -0.389 e. The molecule has 1 N–H and O–H groups in total. The average molecular weight is 242 g/mol. The zero-order chi connectivity index (χ0) is 12.9. The van der Waals surface area contributed by atoms with Gasteiger partial charge in [-0.2, -0.15) is 0 Å². The maximum absolute atomic E-state index is 11.8. The first-order chi connectivity index (χ1) is 7.92. The van der Waals surface area contributed by atoms with Crippen LogP contribution in [0.2, 0.25) is 0 Å². The van der Waals surface area contributed by atoms with Crippen LogP contribution in [-0.4, -0.2) is 59.1 Å². The molecule has 0 aromatic carbocycles. The van der Waals surface area contributed by atoms with Gasteiger partial charge in [-0.25, -0.2) is 0 Å². The molecule has 1 rings (SSSR count). The summed E-state index contributed by atoms with van der Waals surface area (Å²) >= 11 is 0. The van der Waals surface area contributed by atoms with Crippen LogP contribution in [0.3, 0.4) is 0 Å². The largest absolute Gasteiger partial charge is 0.389 e. The summed E-state index contributed by atoms with van der Waals surface area (Å²) in [4.78, 5) is 16.0. The average Bonchev–Trinajstić information content (AvgIpc) is 2.24. The lowest BCUT2D eigenvalue weighted by Gasteiger charge is -2.37. The highest BCUT2D eigenvalue weighted by molar-refractivity contribution is 5.76. The molecule has 0 aliphatic carbocycles. The third-order valence-electron chi connectivity index (χ3n) is 3.08. The normalized spacial score (nSPS) is 18.5. The summed E-state index contributed by atoms with van der Waals surface area (Å²) in [5, 5.41) is 9.74. The molecule has 1 aliphatic heterocycles. The zero-order valence-corrected chi connectivity index (χ0v) is 11.4. The first-order valence-corrected chi connectivity index (χ1v) is 6.65. The van der Waals surface area contributed by atoms with E-state index in [4.69, 9.17) is 0 Å². The van der Waals surface area contributed by atoms with Gasteiger partial charge < -0.3 is 10.0 Å². The molecule has 17 heavy (non-hydrogen) atoms. The van der Waals surface area contributed by atoms with Crippen LogP contribution in [0.5, 0.6) is 0 Å². The van der Waals surface area contributed by atoms with Crippen molar-refractivity contribution in [2.24, 2.45) is 0 Å². The van der Waals surface area contributed by atoms with Gasteiger partial charge in [0, 0.05) is 39.1 Å². The van der Waals surface area contributed by atoms with E-state index in [1.165, 1.54) is 0 Å². The lowest BCUT2D eigenvalue weighted by atomic mass is 10.1. The number of nitrogens with zero attached hydrogens (tertiary/aromatic N) is 2. The lowest BCUT2D eigenvalue weighted by molar-refractivity contribution is -0.133. The SMILES string of the molecule is CCCCC(=O)N1CCN(CC(C)(C)O)CC1. The maximum Gasteiger partial charge on any atom is 0.222 e. The van der Waals surface area contributed by atoms with E-state index in [0.29, 0.717) is 13.0 Å². The molecule has 0 unspecified atom stereocenters. The van der Waals surface area contributed by atoms with Gasteiger partial charge in [-0.05, 0) is 20.3 Å². The number of aliphatic hydroxyl groups is 1. The highest BCUT2D eigenvalue weighted by atomic mass is 16.3. The van der Waals surface area contributed by atoms with Gasteiger partial charge in [0.15, 0.2) is 0 Å². The van der Waals surface area contributed by atoms with Crippen LogP contribution in [0, 0.1) is 0 Å². The van der Waals surface area contributed by atoms with Crippen molar-refractivity contribution in [3.8, 4) is 0 Å². The number of carbonyl (C=O) groups excluding carboxylic acids is 1. The van der Waals surface area contributed by atoms with Crippen molar-refractivity contribution < 1.29 is 9.90 Å². The van der Waals surface area contributed by atoms with Gasteiger partial charge in [0.25, 0.3) is 0 Å². The molecule has 0 spiro atoms. The van der Waals surface area contributed by atoms with E-state index < -0.39 is 5.60 Å². The van der Waals surface area contributed by atoms with Gasteiger partial charge >= 0.3 is 0 Å². The van der Waals surface area contributed by atoms with E-state index in [1.807, 2.05) is 18.7 Å². The fraction of sp³-hybridized carbons (Fsp3) is 0.923. The van der Waals surface area contributed by atoms with E-state index in [2.05, 4.69) is 11.8 Å². The van der Waals surface area contributed by atoms with E-state index >= 15 is 0 Å². The van der Waals surface area contributed by atoms with Crippen molar-refractivity contribution in [2.45, 2.75) is 45.6 Å². The second-order valence-corrected chi connectivity index (χ2v) is 5.57. The number of β-amino-alcohol motifs (C(OH)–C–C–N with tert-alkyl or cyclic N) is 1. The van der Waals surface area contributed by atoms with Crippen molar-refractivity contribution in [2.75, 3.05) is 32.7 Å². The molecule has 1 aliphatic rings. The van der Waals surface area contributed by atoms with E-state index in [9.17, 15) is 9.90 Å². The smallest absolute Gasteiger partial charge is 0.222 e. The third-order valence-corrected chi connectivity index (χ3v) is 3.08. The van der Waals surface area contributed by atoms with E-state index in [0.717, 1.165) is 39.0 Å². The fourth-order valence-corrected chi connectivity index (χ4v) is 2.19. The Morgan fingerprint density at radius 2 is 1.82 bits per heavy atom. The quantitative estimate of drug-likeness (QED) is 0.785. The van der Waals surface area contributed by atoms with Gasteiger partial charge in [0.1, 0.15) is 0 Å². The molecule has 0 bridgehead atoms. The van der Waals surface area contributed by atoms with E-state index in [-0.39, 0.29) is 5.91 Å². The number of amides is 1. The second kappa shape index (κ2) is 6.36. The molecule has 0 radical (unpaired) electrons. The minimum absolute atomic E-state index is 0.287. The first-order valence-electron chi connectivity index (χ1n) is 6.65. The Hall–Kier alpha value is -0.610. The number of unbranched alkanes of at least 4 members (excludes halogenated alkanes) is 1. The third kappa shape index (κ3) is 5.50. The van der Waals surface area contributed by atoms with Crippen molar-refractivity contribution in [1.29, 1.82) is 0 Å². The van der Waals surface area contributed by atoms with Crippen LogP contribution in [0.25, 0.3) is 0 Å². The van der Waals surface area contributed by atoms with Crippen LogP contribution in [0.4, 0.5) is 0 Å². The number of hydrogen-bond acceptors (Lipinski definition) is 3.